The zero-order valence-corrected chi connectivity index (χ0v) is 6.04. The second-order valence-corrected chi connectivity index (χ2v) is 2.03. The molecule has 1 aromatic heterocycles. The van der Waals surface area contributed by atoms with Crippen molar-refractivity contribution in [2.24, 2.45) is 0 Å². The number of hydrogen-bond donors (Lipinski definition) is 0. The van der Waals surface area contributed by atoms with E-state index in [-0.39, 0.29) is 0 Å². The van der Waals surface area contributed by atoms with E-state index in [1.54, 1.807) is 12.3 Å². The molecule has 0 bridgehead atoms. The van der Waals surface area contributed by atoms with Gasteiger partial charge in [0.2, 0.25) is 0 Å². The third kappa shape index (κ3) is 1.00. The molecule has 0 aliphatic heterocycles. The Morgan fingerprint density at radius 2 is 2.30 bits per heavy atom. The van der Waals surface area contributed by atoms with Crippen molar-refractivity contribution in [2.45, 2.75) is 6.92 Å². The minimum Gasteiger partial charge on any atom is -0.307 e. The molecule has 2 nitrogen and oxygen atoms in total. The van der Waals surface area contributed by atoms with Gasteiger partial charge in [0.15, 0.2) is 0 Å². The van der Waals surface area contributed by atoms with Gasteiger partial charge in [-0.25, -0.2) is 4.98 Å². The van der Waals surface area contributed by atoms with Crippen LogP contribution < -0.4 is 0 Å². The van der Waals surface area contributed by atoms with Crippen molar-refractivity contribution in [3.63, 3.8) is 0 Å². The first-order valence-electron chi connectivity index (χ1n) is 3.08. The van der Waals surface area contributed by atoms with Crippen LogP contribution in [0.15, 0.2) is 19.4 Å². The molecule has 0 aliphatic rings. The molecular formula is C8H10N2. The smallest absolute Gasteiger partial charge is 0.136 e. The van der Waals surface area contributed by atoms with E-state index in [0.29, 0.717) is 0 Å². The van der Waals surface area contributed by atoms with E-state index in [2.05, 4.69) is 18.1 Å². The highest BCUT2D eigenvalue weighted by molar-refractivity contribution is 5.42. The second-order valence-electron chi connectivity index (χ2n) is 2.03. The lowest BCUT2D eigenvalue weighted by molar-refractivity contribution is 1.11. The van der Waals surface area contributed by atoms with E-state index in [1.807, 2.05) is 17.7 Å². The zero-order valence-electron chi connectivity index (χ0n) is 6.04. The molecule has 0 radical (unpaired) electrons. The molecule has 0 amide bonds. The molecular weight excluding hydrogens is 124 g/mol. The summed E-state index contributed by atoms with van der Waals surface area (Å²) in [5.41, 5.74) is 0.981. The molecule has 0 saturated carbocycles. The molecule has 0 aliphatic carbocycles. The summed E-state index contributed by atoms with van der Waals surface area (Å²) in [5.74, 6) is 0.840. The Bertz CT molecular complexity index is 233. The summed E-state index contributed by atoms with van der Waals surface area (Å²) in [6.45, 7) is 9.19. The van der Waals surface area contributed by atoms with Crippen molar-refractivity contribution < 1.29 is 0 Å². The number of aryl methyl sites for hydroxylation is 1. The Hall–Kier alpha value is -1.31. The number of imidazole rings is 1. The van der Waals surface area contributed by atoms with Crippen LogP contribution in [-0.4, -0.2) is 9.55 Å². The largest absolute Gasteiger partial charge is 0.307 e. The van der Waals surface area contributed by atoms with Gasteiger partial charge >= 0.3 is 0 Å². The van der Waals surface area contributed by atoms with Crippen LogP contribution in [0.1, 0.15) is 11.5 Å². The lowest BCUT2D eigenvalue weighted by Crippen LogP contribution is -1.85. The van der Waals surface area contributed by atoms with E-state index in [1.165, 1.54) is 0 Å². The molecule has 0 spiro atoms. The van der Waals surface area contributed by atoms with E-state index >= 15 is 0 Å². The van der Waals surface area contributed by atoms with Gasteiger partial charge in [0.25, 0.3) is 0 Å². The highest BCUT2D eigenvalue weighted by Crippen LogP contribution is 2.02. The first kappa shape index (κ1) is 6.81. The third-order valence-corrected chi connectivity index (χ3v) is 1.26. The number of nitrogens with zero attached hydrogens (tertiary/aromatic N) is 2. The molecule has 0 saturated heterocycles. The van der Waals surface area contributed by atoms with Crippen molar-refractivity contribution in [3.8, 4) is 0 Å². The van der Waals surface area contributed by atoms with E-state index < -0.39 is 0 Å². The predicted molar refractivity (Wildman–Crippen MR) is 43.4 cm³/mol. The number of aromatic nitrogens is 2. The average molecular weight is 134 g/mol. The van der Waals surface area contributed by atoms with Gasteiger partial charge in [0.1, 0.15) is 5.82 Å². The van der Waals surface area contributed by atoms with Crippen LogP contribution in [0.25, 0.3) is 12.3 Å². The fourth-order valence-corrected chi connectivity index (χ4v) is 0.832. The molecule has 0 unspecified atom stereocenters. The predicted octanol–water partition coefficient (Wildman–Crippen LogP) is 1.94. The summed E-state index contributed by atoms with van der Waals surface area (Å²) >= 11 is 0. The van der Waals surface area contributed by atoms with Crippen LogP contribution in [-0.2, 0) is 0 Å². The summed E-state index contributed by atoms with van der Waals surface area (Å²) < 4.78 is 1.84. The van der Waals surface area contributed by atoms with Crippen LogP contribution in [0.4, 0.5) is 0 Å². The molecule has 2 heteroatoms. The second kappa shape index (κ2) is 2.52. The summed E-state index contributed by atoms with van der Waals surface area (Å²) in [5, 5.41) is 0. The van der Waals surface area contributed by atoms with Gasteiger partial charge in [-0.3, -0.25) is 0 Å². The van der Waals surface area contributed by atoms with Gasteiger partial charge in [-0.05, 0) is 13.0 Å². The minimum atomic E-state index is 0.840. The Kier molecular flexibility index (Phi) is 1.71. The normalized spacial score (nSPS) is 9.30. The fourth-order valence-electron chi connectivity index (χ4n) is 0.832. The first-order valence-corrected chi connectivity index (χ1v) is 3.08. The number of hydrogen-bond acceptors (Lipinski definition) is 1. The van der Waals surface area contributed by atoms with Gasteiger partial charge in [-0.1, -0.05) is 13.2 Å². The van der Waals surface area contributed by atoms with Crippen LogP contribution >= 0.6 is 0 Å². The van der Waals surface area contributed by atoms with Crippen LogP contribution in [0.2, 0.25) is 0 Å². The molecule has 52 valence electrons. The maximum Gasteiger partial charge on any atom is 0.136 e. The molecule has 0 atom stereocenters. The van der Waals surface area contributed by atoms with Gasteiger partial charge in [-0.2, -0.15) is 0 Å². The first-order chi connectivity index (χ1) is 4.77. The molecule has 10 heavy (non-hydrogen) atoms. The average Bonchev–Trinajstić information content (AvgIpc) is 2.30. The highest BCUT2D eigenvalue weighted by Gasteiger charge is 1.95. The van der Waals surface area contributed by atoms with Crippen molar-refractivity contribution in [1.29, 1.82) is 0 Å². The summed E-state index contributed by atoms with van der Waals surface area (Å²) in [6.07, 6.45) is 5.32. The third-order valence-electron chi connectivity index (χ3n) is 1.26. The maximum absolute atomic E-state index is 4.17. The topological polar surface area (TPSA) is 17.8 Å². The molecule has 0 aromatic carbocycles. The lowest BCUT2D eigenvalue weighted by atomic mass is 10.6. The number of rotatable bonds is 2. The minimum absolute atomic E-state index is 0.840. The monoisotopic (exact) mass is 134 g/mol. The molecule has 0 N–H and O–H groups in total. The summed E-state index contributed by atoms with van der Waals surface area (Å²) in [4.78, 5) is 4.17. The van der Waals surface area contributed by atoms with Gasteiger partial charge in [0, 0.05) is 12.4 Å². The Morgan fingerprint density at radius 3 is 2.70 bits per heavy atom. The quantitative estimate of drug-likeness (QED) is 0.604. The van der Waals surface area contributed by atoms with Crippen LogP contribution in [0.5, 0.6) is 0 Å². The lowest BCUT2D eigenvalue weighted by Gasteiger charge is -1.91. The SMILES string of the molecule is C=Cc1nc(C)cn1C=C. The van der Waals surface area contributed by atoms with E-state index in [0.717, 1.165) is 11.5 Å². The van der Waals surface area contributed by atoms with Crippen molar-refractivity contribution in [1.82, 2.24) is 9.55 Å². The zero-order chi connectivity index (χ0) is 7.56. The van der Waals surface area contributed by atoms with Crippen molar-refractivity contribution >= 4 is 12.3 Å². The Balaban J connectivity index is 3.20. The van der Waals surface area contributed by atoms with Crippen LogP contribution in [0.3, 0.4) is 0 Å². The summed E-state index contributed by atoms with van der Waals surface area (Å²) in [6, 6.07) is 0. The van der Waals surface area contributed by atoms with Gasteiger partial charge in [-0.15, -0.1) is 0 Å². The summed E-state index contributed by atoms with van der Waals surface area (Å²) in [7, 11) is 0. The molecule has 1 aromatic rings. The van der Waals surface area contributed by atoms with E-state index in [4.69, 9.17) is 0 Å². The van der Waals surface area contributed by atoms with Crippen molar-refractivity contribution in [3.05, 3.63) is 30.9 Å². The fraction of sp³-hybridized carbons (Fsp3) is 0.125. The molecule has 1 heterocycles. The van der Waals surface area contributed by atoms with Gasteiger partial charge in [0.05, 0.1) is 5.69 Å². The van der Waals surface area contributed by atoms with E-state index in [9.17, 15) is 0 Å². The molecule has 0 fully saturated rings. The van der Waals surface area contributed by atoms with Crippen molar-refractivity contribution in [2.75, 3.05) is 0 Å². The molecule has 1 rings (SSSR count). The van der Waals surface area contributed by atoms with Crippen LogP contribution in [0, 0.1) is 6.92 Å². The Labute approximate surface area is 60.5 Å². The highest BCUT2D eigenvalue weighted by atomic mass is 15.0. The maximum atomic E-state index is 4.17. The standard InChI is InChI=1S/C8H10N2/c1-4-8-9-7(3)6-10(8)5-2/h4-6H,1-2H2,3H3. The Morgan fingerprint density at radius 1 is 1.60 bits per heavy atom. The van der Waals surface area contributed by atoms with Gasteiger partial charge < -0.3 is 4.57 Å².